The molecule has 0 bridgehead atoms. The van der Waals surface area contributed by atoms with Gasteiger partial charge in [0.25, 0.3) is 11.8 Å². The van der Waals surface area contributed by atoms with Crippen molar-refractivity contribution in [1.29, 1.82) is 0 Å². The minimum atomic E-state index is -0.453. The average molecular weight is 466 g/mol. The van der Waals surface area contributed by atoms with Crippen molar-refractivity contribution in [2.75, 3.05) is 13.2 Å². The van der Waals surface area contributed by atoms with Crippen LogP contribution in [0, 0.1) is 13.8 Å². The van der Waals surface area contributed by atoms with Gasteiger partial charge in [-0.3, -0.25) is 25.8 Å². The van der Waals surface area contributed by atoms with Crippen LogP contribution < -0.4 is 25.6 Å². The number of ether oxygens (including phenoxy) is 2. The van der Waals surface area contributed by atoms with E-state index in [1.165, 1.54) is 0 Å². The first-order valence-electron chi connectivity index (χ1n) is 8.30. The molecule has 28 heavy (non-hydrogen) atoms. The molecule has 0 aliphatic heterocycles. The number of hydrogen-bond donors (Lipinski definition) is 3. The van der Waals surface area contributed by atoms with Crippen molar-refractivity contribution in [3.05, 3.63) is 58.1 Å². The lowest BCUT2D eigenvalue weighted by Gasteiger charge is -2.13. The van der Waals surface area contributed by atoms with Crippen molar-refractivity contribution in [2.45, 2.75) is 13.8 Å². The Hall–Kier alpha value is -2.65. The summed E-state index contributed by atoms with van der Waals surface area (Å²) in [7, 11) is 0. The number of halogens is 1. The summed E-state index contributed by atoms with van der Waals surface area (Å²) in [4.78, 5) is 23.6. The van der Waals surface area contributed by atoms with Crippen LogP contribution in [-0.4, -0.2) is 30.1 Å². The molecule has 0 spiro atoms. The van der Waals surface area contributed by atoms with E-state index < -0.39 is 11.8 Å². The highest BCUT2D eigenvalue weighted by Crippen LogP contribution is 2.18. The summed E-state index contributed by atoms with van der Waals surface area (Å²) in [6, 6.07) is 12.8. The number of carbonyl (C=O) groups excluding carboxylic acids is 2. The molecule has 2 aromatic carbocycles. The lowest BCUT2D eigenvalue weighted by Crippen LogP contribution is -2.50. The smallest absolute Gasteiger partial charge is 0.276 e. The van der Waals surface area contributed by atoms with Crippen LogP contribution >= 0.6 is 28.1 Å². The Kier molecular flexibility index (Phi) is 8.21. The maximum Gasteiger partial charge on any atom is 0.276 e. The van der Waals surface area contributed by atoms with Gasteiger partial charge < -0.3 is 9.47 Å². The highest BCUT2D eigenvalue weighted by Gasteiger charge is 2.09. The van der Waals surface area contributed by atoms with Gasteiger partial charge in [-0.2, -0.15) is 0 Å². The fourth-order valence-electron chi connectivity index (χ4n) is 2.04. The molecular formula is C19H20BrN3O4S. The number of amides is 2. The normalized spacial score (nSPS) is 9.96. The second-order valence-corrected chi connectivity index (χ2v) is 7.17. The van der Waals surface area contributed by atoms with E-state index in [0.29, 0.717) is 11.5 Å². The number of carbonyl (C=O) groups is 2. The molecule has 3 N–H and O–H groups in total. The van der Waals surface area contributed by atoms with Crippen molar-refractivity contribution in [3.63, 3.8) is 0 Å². The van der Waals surface area contributed by atoms with Gasteiger partial charge in [-0.05, 0) is 67.5 Å². The first-order chi connectivity index (χ1) is 13.3. The molecule has 0 aliphatic rings. The summed E-state index contributed by atoms with van der Waals surface area (Å²) in [5, 5.41) is 2.37. The molecule has 2 rings (SSSR count). The molecule has 7 nitrogen and oxygen atoms in total. The predicted molar refractivity (Wildman–Crippen MR) is 113 cm³/mol. The second-order valence-electron chi connectivity index (χ2n) is 5.85. The van der Waals surface area contributed by atoms with Gasteiger partial charge in [0.05, 0.1) is 0 Å². The maximum atomic E-state index is 11.9. The summed E-state index contributed by atoms with van der Waals surface area (Å²) in [5.41, 5.74) is 6.74. The van der Waals surface area contributed by atoms with Crippen LogP contribution in [0.25, 0.3) is 0 Å². The SMILES string of the molecule is Cc1ccc(C)c(OCC(=O)NC(=S)NNC(=O)COc2ccc(Br)cc2)c1. The lowest BCUT2D eigenvalue weighted by atomic mass is 10.1. The zero-order valence-electron chi connectivity index (χ0n) is 15.4. The summed E-state index contributed by atoms with van der Waals surface area (Å²) in [5.74, 6) is 0.287. The molecule has 0 aromatic heterocycles. The first-order valence-corrected chi connectivity index (χ1v) is 9.50. The van der Waals surface area contributed by atoms with Crippen molar-refractivity contribution in [3.8, 4) is 11.5 Å². The fraction of sp³-hybridized carbons (Fsp3) is 0.211. The molecule has 0 saturated carbocycles. The number of hydrogen-bond acceptors (Lipinski definition) is 5. The van der Waals surface area contributed by atoms with E-state index in [4.69, 9.17) is 21.7 Å². The Morgan fingerprint density at radius 1 is 0.964 bits per heavy atom. The largest absolute Gasteiger partial charge is 0.484 e. The third-order valence-corrected chi connectivity index (χ3v) is 4.19. The Balaban J connectivity index is 1.66. The van der Waals surface area contributed by atoms with Crippen molar-refractivity contribution in [1.82, 2.24) is 16.2 Å². The van der Waals surface area contributed by atoms with Gasteiger partial charge in [0, 0.05) is 4.47 Å². The molecule has 0 fully saturated rings. The van der Waals surface area contributed by atoms with Crippen LogP contribution in [0.2, 0.25) is 0 Å². The molecule has 9 heteroatoms. The van der Waals surface area contributed by atoms with Gasteiger partial charge in [0.2, 0.25) is 0 Å². The van der Waals surface area contributed by atoms with Crippen molar-refractivity contribution >= 4 is 45.1 Å². The molecule has 0 saturated heterocycles. The standard InChI is InChI=1S/C19H20BrN3O4S/c1-12-3-4-13(2)16(9-12)27-10-17(24)21-19(28)23-22-18(25)11-26-15-7-5-14(20)6-8-15/h3-9H,10-11H2,1-2H3,(H,22,25)(H2,21,23,24,28). The fourth-order valence-corrected chi connectivity index (χ4v) is 2.47. The van der Waals surface area contributed by atoms with Crippen LogP contribution in [0.1, 0.15) is 11.1 Å². The Labute approximate surface area is 176 Å². The molecule has 148 valence electrons. The Morgan fingerprint density at radius 3 is 2.36 bits per heavy atom. The van der Waals surface area contributed by atoms with Crippen molar-refractivity contribution < 1.29 is 19.1 Å². The van der Waals surface area contributed by atoms with Crippen LogP contribution in [0.3, 0.4) is 0 Å². The third-order valence-electron chi connectivity index (χ3n) is 3.45. The average Bonchev–Trinajstić information content (AvgIpc) is 2.66. The lowest BCUT2D eigenvalue weighted by molar-refractivity contribution is -0.124. The van der Waals surface area contributed by atoms with Crippen LogP contribution in [0.4, 0.5) is 0 Å². The third kappa shape index (κ3) is 7.53. The Morgan fingerprint density at radius 2 is 1.64 bits per heavy atom. The zero-order valence-corrected chi connectivity index (χ0v) is 17.8. The van der Waals surface area contributed by atoms with Gasteiger partial charge >= 0.3 is 0 Å². The first kappa shape index (κ1) is 21.6. The number of nitrogens with one attached hydrogen (secondary N) is 3. The van der Waals surface area contributed by atoms with Gasteiger partial charge in [0.15, 0.2) is 18.3 Å². The minimum Gasteiger partial charge on any atom is -0.484 e. The molecule has 0 unspecified atom stereocenters. The maximum absolute atomic E-state index is 11.9. The predicted octanol–water partition coefficient (Wildman–Crippen LogP) is 2.55. The summed E-state index contributed by atoms with van der Waals surface area (Å²) < 4.78 is 11.7. The second kappa shape index (κ2) is 10.6. The van der Waals surface area contributed by atoms with Gasteiger partial charge in [0.1, 0.15) is 11.5 Å². The Bertz CT molecular complexity index is 859. The molecule has 0 radical (unpaired) electrons. The number of thiocarbonyl (C=S) groups is 1. The van der Waals surface area contributed by atoms with Crippen molar-refractivity contribution in [2.24, 2.45) is 0 Å². The summed E-state index contributed by atoms with van der Waals surface area (Å²) >= 11 is 8.27. The molecule has 2 aromatic rings. The van der Waals surface area contributed by atoms with E-state index in [1.807, 2.05) is 32.0 Å². The molecule has 0 heterocycles. The van der Waals surface area contributed by atoms with E-state index in [9.17, 15) is 9.59 Å². The molecular weight excluding hydrogens is 446 g/mol. The van der Waals surface area contributed by atoms with E-state index in [2.05, 4.69) is 32.1 Å². The van der Waals surface area contributed by atoms with Crippen LogP contribution in [0.5, 0.6) is 11.5 Å². The summed E-state index contributed by atoms with van der Waals surface area (Å²) in [6.07, 6.45) is 0. The topological polar surface area (TPSA) is 88.7 Å². The van der Waals surface area contributed by atoms with E-state index >= 15 is 0 Å². The molecule has 0 aliphatic carbocycles. The molecule has 0 atom stereocenters. The van der Waals surface area contributed by atoms with Gasteiger partial charge in [-0.15, -0.1) is 0 Å². The van der Waals surface area contributed by atoms with E-state index in [1.54, 1.807) is 24.3 Å². The summed E-state index contributed by atoms with van der Waals surface area (Å²) in [6.45, 7) is 3.42. The van der Waals surface area contributed by atoms with Crippen LogP contribution in [-0.2, 0) is 9.59 Å². The highest BCUT2D eigenvalue weighted by molar-refractivity contribution is 9.10. The number of benzene rings is 2. The quantitative estimate of drug-likeness (QED) is 0.448. The monoisotopic (exact) mass is 465 g/mol. The van der Waals surface area contributed by atoms with Crippen LogP contribution in [0.15, 0.2) is 46.9 Å². The minimum absolute atomic E-state index is 0.0495. The highest BCUT2D eigenvalue weighted by atomic mass is 79.9. The number of aryl methyl sites for hydroxylation is 2. The number of hydrazine groups is 1. The van der Waals surface area contributed by atoms with E-state index in [0.717, 1.165) is 15.6 Å². The molecule has 2 amide bonds. The number of rotatable bonds is 6. The zero-order chi connectivity index (χ0) is 20.5. The van der Waals surface area contributed by atoms with Gasteiger partial charge in [-0.25, -0.2) is 0 Å². The van der Waals surface area contributed by atoms with Gasteiger partial charge in [-0.1, -0.05) is 28.1 Å². The van der Waals surface area contributed by atoms with E-state index in [-0.39, 0.29) is 18.3 Å².